The first-order chi connectivity index (χ1) is 19.3. The molecule has 1 aliphatic heterocycles. The first-order valence-corrected chi connectivity index (χ1v) is 16.6. The minimum Gasteiger partial charge on any atom is -0.390 e. The minimum atomic E-state index is -3.13. The number of nitrogens with one attached hydrogen (secondary N) is 2. The van der Waals surface area contributed by atoms with Gasteiger partial charge in [-0.2, -0.15) is 0 Å². The van der Waals surface area contributed by atoms with Crippen molar-refractivity contribution in [2.75, 3.05) is 23.1 Å². The first-order valence-electron chi connectivity index (χ1n) is 15.0. The van der Waals surface area contributed by atoms with Crippen molar-refractivity contribution in [2.45, 2.75) is 97.2 Å². The third-order valence-corrected chi connectivity index (χ3v) is 9.67. The van der Waals surface area contributed by atoms with Crippen LogP contribution < -0.4 is 14.9 Å². The lowest BCUT2D eigenvalue weighted by molar-refractivity contribution is 0.0808. The van der Waals surface area contributed by atoms with Crippen molar-refractivity contribution in [2.24, 2.45) is 5.92 Å². The van der Waals surface area contributed by atoms with Crippen molar-refractivity contribution >= 4 is 22.4 Å². The molecule has 1 saturated heterocycles. The topological polar surface area (TPSA) is 105 Å². The number of rotatable bonds is 15. The maximum atomic E-state index is 15.9. The largest absolute Gasteiger partial charge is 0.390 e. The second kappa shape index (κ2) is 14.8. The van der Waals surface area contributed by atoms with E-state index < -0.39 is 34.6 Å². The Labute approximate surface area is 247 Å². The summed E-state index contributed by atoms with van der Waals surface area (Å²) in [7, 11) is -3.13. The van der Waals surface area contributed by atoms with Gasteiger partial charge in [0.1, 0.15) is 0 Å². The number of halogens is 1. The Kier molecular flexibility index (Phi) is 12.1. The Balaban J connectivity index is 1.84. The quantitative estimate of drug-likeness (QED) is 0.161. The number of amides is 1. The molecule has 5 N–H and O–H groups in total. The maximum Gasteiger partial charge on any atom is 0.254 e. The number of aliphatic hydroxyl groups excluding tert-OH is 1. The lowest BCUT2D eigenvalue weighted by Crippen LogP contribution is -2.52. The van der Waals surface area contributed by atoms with Crippen LogP contribution in [0.5, 0.6) is 0 Å². The number of hydrogen-bond acceptors (Lipinski definition) is 6. The molecule has 0 unspecified atom stereocenters. The fourth-order valence-corrected chi connectivity index (χ4v) is 6.95. The van der Waals surface area contributed by atoms with Crippen molar-refractivity contribution in [3.63, 3.8) is 0 Å². The maximum absolute atomic E-state index is 15.9. The molecule has 7 nitrogen and oxygen atoms in total. The normalized spacial score (nSPS) is 17.5. The zero-order valence-corrected chi connectivity index (χ0v) is 26.1. The van der Waals surface area contributed by atoms with Gasteiger partial charge in [-0.15, -0.1) is 10.8 Å². The van der Waals surface area contributed by atoms with Crippen molar-refractivity contribution in [3.8, 4) is 0 Å². The molecule has 2 atom stereocenters. The van der Waals surface area contributed by atoms with Gasteiger partial charge < -0.3 is 15.7 Å². The lowest BCUT2D eigenvalue weighted by Gasteiger charge is -2.38. The van der Waals surface area contributed by atoms with Crippen molar-refractivity contribution in [1.29, 1.82) is 0 Å². The second-order valence-corrected chi connectivity index (χ2v) is 14.5. The van der Waals surface area contributed by atoms with Gasteiger partial charge in [0.05, 0.1) is 29.1 Å². The van der Waals surface area contributed by atoms with Crippen LogP contribution in [0.25, 0.3) is 0 Å². The Morgan fingerprint density at radius 3 is 2.46 bits per heavy atom. The fraction of sp³-hybridized carbons (Fsp3) is 0.594. The molecule has 1 fully saturated rings. The minimum absolute atomic E-state index is 0.0450. The van der Waals surface area contributed by atoms with Crippen LogP contribution in [0.2, 0.25) is 0 Å². The van der Waals surface area contributed by atoms with Crippen LogP contribution in [0.3, 0.4) is 0 Å². The number of β-amino-alcohol motifs (C(OH)–C–C–N with tert-alkyl or cyclic N) is 1. The number of benzene rings is 2. The number of nitrogens with zero attached hydrogens (tertiary/aromatic N) is 1. The van der Waals surface area contributed by atoms with E-state index in [4.69, 9.17) is 0 Å². The van der Waals surface area contributed by atoms with Gasteiger partial charge in [-0.25, -0.2) is 4.39 Å². The molecule has 41 heavy (non-hydrogen) atoms. The predicted molar refractivity (Wildman–Crippen MR) is 168 cm³/mol. The van der Waals surface area contributed by atoms with Crippen molar-refractivity contribution in [1.82, 2.24) is 10.6 Å². The van der Waals surface area contributed by atoms with Crippen LogP contribution in [-0.4, -0.2) is 56.6 Å². The van der Waals surface area contributed by atoms with Crippen LogP contribution in [0, 0.1) is 11.7 Å². The number of carbonyl (C=O) groups is 1. The molecule has 1 amide bonds. The van der Waals surface area contributed by atoms with Gasteiger partial charge in [0.2, 0.25) is 0 Å². The molecule has 0 saturated carbocycles. The van der Waals surface area contributed by atoms with Crippen molar-refractivity contribution in [3.05, 3.63) is 65.0 Å². The van der Waals surface area contributed by atoms with Crippen LogP contribution in [0.15, 0.2) is 42.5 Å². The Bertz CT molecular complexity index is 1130. The van der Waals surface area contributed by atoms with Crippen LogP contribution in [-0.2, 0) is 12.8 Å². The molecule has 1 aliphatic rings. The molecule has 1 heterocycles. The smallest absolute Gasteiger partial charge is 0.254 e. The molecule has 9 heteroatoms. The average molecular weight is 592 g/mol. The molecule has 3 rings (SSSR count). The van der Waals surface area contributed by atoms with E-state index >= 15 is 4.39 Å². The summed E-state index contributed by atoms with van der Waals surface area (Å²) in [5, 5.41) is 17.7. The molecule has 230 valence electrons. The number of aliphatic hydroxyl groups is 1. The van der Waals surface area contributed by atoms with E-state index in [-0.39, 0.29) is 29.1 Å². The van der Waals surface area contributed by atoms with E-state index in [9.17, 15) is 19.0 Å². The highest BCUT2D eigenvalue weighted by molar-refractivity contribution is 8.25. The Hall–Kier alpha value is -2.17. The summed E-state index contributed by atoms with van der Waals surface area (Å²) >= 11 is 0. The summed E-state index contributed by atoms with van der Waals surface area (Å²) in [6.07, 6.45) is 4.57. The molecular formula is C32H50FN3O4S. The third kappa shape index (κ3) is 9.68. The average Bonchev–Trinajstić information content (AvgIpc) is 3.26. The highest BCUT2D eigenvalue weighted by Crippen LogP contribution is 2.52. The van der Waals surface area contributed by atoms with Crippen LogP contribution in [0.4, 0.5) is 10.1 Å². The SMILES string of the molecule is CCCc1cc(C(=O)N[C@@H](Cc2ccccc2)[C@H](O)CNC(C)(C)CCCC(C)C)c(F)c(N2CCCS2(O)O)c1. The third-order valence-electron chi connectivity index (χ3n) is 7.75. The van der Waals surface area contributed by atoms with Gasteiger partial charge in [-0.1, -0.05) is 70.4 Å². The second-order valence-electron chi connectivity index (χ2n) is 12.4. The Morgan fingerprint density at radius 2 is 1.85 bits per heavy atom. The summed E-state index contributed by atoms with van der Waals surface area (Å²) in [6.45, 7) is 11.2. The van der Waals surface area contributed by atoms with E-state index in [0.29, 0.717) is 31.7 Å². The molecular weight excluding hydrogens is 541 g/mol. The van der Waals surface area contributed by atoms with Gasteiger partial charge in [0.15, 0.2) is 5.82 Å². The summed E-state index contributed by atoms with van der Waals surface area (Å²) in [5.41, 5.74) is 1.40. The van der Waals surface area contributed by atoms with E-state index in [1.807, 2.05) is 37.3 Å². The summed E-state index contributed by atoms with van der Waals surface area (Å²) in [5.74, 6) is -0.593. The fourth-order valence-electron chi connectivity index (χ4n) is 5.34. The van der Waals surface area contributed by atoms with Gasteiger partial charge in [0.25, 0.3) is 5.91 Å². The molecule has 0 aromatic heterocycles. The van der Waals surface area contributed by atoms with E-state index in [1.54, 1.807) is 12.1 Å². The molecule has 2 aromatic carbocycles. The van der Waals surface area contributed by atoms with Crippen molar-refractivity contribution < 1.29 is 23.4 Å². The number of carbonyl (C=O) groups excluding carboxylic acids is 1. The monoisotopic (exact) mass is 591 g/mol. The van der Waals surface area contributed by atoms with E-state index in [0.717, 1.165) is 36.8 Å². The summed E-state index contributed by atoms with van der Waals surface area (Å²) in [6, 6.07) is 12.1. The predicted octanol–water partition coefficient (Wildman–Crippen LogP) is 6.55. The van der Waals surface area contributed by atoms with E-state index in [1.165, 1.54) is 4.31 Å². The number of hydrogen-bond donors (Lipinski definition) is 5. The molecule has 2 aromatic rings. The van der Waals surface area contributed by atoms with Gasteiger partial charge in [0, 0.05) is 18.6 Å². The lowest BCUT2D eigenvalue weighted by atomic mass is 9.93. The Morgan fingerprint density at radius 1 is 1.15 bits per heavy atom. The molecule has 0 bridgehead atoms. The molecule has 0 aliphatic carbocycles. The molecule has 0 radical (unpaired) electrons. The van der Waals surface area contributed by atoms with Gasteiger partial charge in [-0.05, 0) is 68.7 Å². The number of aryl methyl sites for hydroxylation is 1. The van der Waals surface area contributed by atoms with Gasteiger partial charge >= 0.3 is 0 Å². The summed E-state index contributed by atoms with van der Waals surface area (Å²) < 4.78 is 38.3. The zero-order chi connectivity index (χ0) is 30.2. The number of anilines is 1. The highest BCUT2D eigenvalue weighted by atomic mass is 32.3. The standard InChI is InChI=1S/C32H50FN3O4S/c1-6-12-25-19-26(30(33)28(21-25)36-17-11-18-41(36,39)40)31(38)35-27(20-24-14-8-7-9-15-24)29(37)22-34-32(4,5)16-10-13-23(2)3/h7-9,14-15,19,21,23,27,29,34,37,39-40H,6,10-13,16-18,20,22H2,1-5H3,(H,35,38)/t27-,29+/m0/s1. The van der Waals surface area contributed by atoms with E-state index in [2.05, 4.69) is 38.3 Å². The van der Waals surface area contributed by atoms with Crippen LogP contribution in [0.1, 0.15) is 88.2 Å². The molecule has 0 spiro atoms. The zero-order valence-electron chi connectivity index (χ0n) is 25.3. The summed E-state index contributed by atoms with van der Waals surface area (Å²) in [4.78, 5) is 13.6. The van der Waals surface area contributed by atoms with Gasteiger partial charge in [-0.3, -0.25) is 18.2 Å². The highest BCUT2D eigenvalue weighted by Gasteiger charge is 2.33. The first kappa shape index (κ1) is 33.3. The van der Waals surface area contributed by atoms with Crippen LogP contribution >= 0.6 is 10.8 Å².